The van der Waals surface area contributed by atoms with Crippen LogP contribution >= 0.6 is 11.6 Å². The highest BCUT2D eigenvalue weighted by Crippen LogP contribution is 2.18. The van der Waals surface area contributed by atoms with Crippen LogP contribution in [0.4, 0.5) is 4.39 Å². The molecule has 0 amide bonds. The van der Waals surface area contributed by atoms with Crippen molar-refractivity contribution < 1.29 is 4.39 Å². The molecule has 0 atom stereocenters. The highest BCUT2D eigenvalue weighted by atomic mass is 35.5. The van der Waals surface area contributed by atoms with E-state index in [1.54, 1.807) is 12.1 Å². The second-order valence-corrected chi connectivity index (χ2v) is 5.80. The van der Waals surface area contributed by atoms with Gasteiger partial charge in [0.1, 0.15) is 5.82 Å². The molecule has 5 heteroatoms. The first-order chi connectivity index (χ1) is 9.22. The van der Waals surface area contributed by atoms with Crippen LogP contribution in [0.25, 0.3) is 0 Å². The lowest BCUT2D eigenvalue weighted by molar-refractivity contribution is 0.0691. The Bertz CT molecular complexity index is 442. The minimum atomic E-state index is -0.157. The van der Waals surface area contributed by atoms with E-state index in [1.165, 1.54) is 6.07 Å². The monoisotopic (exact) mass is 283 g/mol. The van der Waals surface area contributed by atoms with Gasteiger partial charge in [-0.3, -0.25) is 9.80 Å². The summed E-state index contributed by atoms with van der Waals surface area (Å²) in [6.45, 7) is 7.04. The van der Waals surface area contributed by atoms with E-state index in [1.807, 2.05) is 0 Å². The quantitative estimate of drug-likeness (QED) is 0.908. The number of nitrogens with one attached hydrogen (secondary N) is 1. The average molecular weight is 284 g/mol. The molecule has 104 valence electrons. The van der Waals surface area contributed by atoms with Gasteiger partial charge < -0.3 is 5.32 Å². The summed E-state index contributed by atoms with van der Waals surface area (Å²) in [6, 6.07) is 5.50. The van der Waals surface area contributed by atoms with Crippen LogP contribution in [0.15, 0.2) is 18.2 Å². The molecule has 0 bridgehead atoms. The van der Waals surface area contributed by atoms with E-state index in [0.29, 0.717) is 23.2 Å². The Labute approximate surface area is 118 Å². The Kier molecular flexibility index (Phi) is 4.03. The molecular formula is C14H19ClFN3. The molecule has 0 radical (unpaired) electrons. The van der Waals surface area contributed by atoms with E-state index in [0.717, 1.165) is 39.3 Å². The maximum Gasteiger partial charge on any atom is 0.127 e. The normalized spacial score (nSPS) is 22.4. The molecule has 3 nitrogen and oxygen atoms in total. The molecule has 3 rings (SSSR count). The third-order valence-corrected chi connectivity index (χ3v) is 4.32. The fourth-order valence-electron chi connectivity index (χ4n) is 2.72. The number of hydrogen-bond donors (Lipinski definition) is 1. The van der Waals surface area contributed by atoms with Crippen LogP contribution in [0.1, 0.15) is 5.56 Å². The highest BCUT2D eigenvalue weighted by Gasteiger charge is 2.27. The van der Waals surface area contributed by atoms with Gasteiger partial charge in [-0.15, -0.1) is 0 Å². The topological polar surface area (TPSA) is 18.5 Å². The van der Waals surface area contributed by atoms with Gasteiger partial charge in [0.05, 0.1) is 0 Å². The first-order valence-electron chi connectivity index (χ1n) is 6.83. The van der Waals surface area contributed by atoms with Crippen LogP contribution in [0.2, 0.25) is 5.02 Å². The van der Waals surface area contributed by atoms with Crippen LogP contribution in [0.3, 0.4) is 0 Å². The van der Waals surface area contributed by atoms with Gasteiger partial charge in [-0.2, -0.15) is 0 Å². The highest BCUT2D eigenvalue weighted by molar-refractivity contribution is 6.30. The molecule has 2 saturated heterocycles. The molecule has 0 saturated carbocycles. The second kappa shape index (κ2) is 5.75. The molecule has 2 aliphatic rings. The Hall–Kier alpha value is -0.680. The molecule has 0 spiro atoms. The van der Waals surface area contributed by atoms with Crippen molar-refractivity contribution in [1.82, 2.24) is 15.1 Å². The number of nitrogens with zero attached hydrogens (tertiary/aromatic N) is 2. The molecule has 1 N–H and O–H groups in total. The molecule has 2 fully saturated rings. The van der Waals surface area contributed by atoms with E-state index >= 15 is 0 Å². The van der Waals surface area contributed by atoms with E-state index in [4.69, 9.17) is 11.6 Å². The lowest BCUT2D eigenvalue weighted by Gasteiger charge is -2.43. The van der Waals surface area contributed by atoms with Crippen LogP contribution in [-0.4, -0.2) is 55.1 Å². The molecule has 2 aliphatic heterocycles. The maximum absolute atomic E-state index is 13.7. The maximum atomic E-state index is 13.7. The van der Waals surface area contributed by atoms with Crippen molar-refractivity contribution in [2.24, 2.45) is 0 Å². The van der Waals surface area contributed by atoms with E-state index in [-0.39, 0.29) is 5.82 Å². The second-order valence-electron chi connectivity index (χ2n) is 5.36. The van der Waals surface area contributed by atoms with Gasteiger partial charge in [-0.1, -0.05) is 11.6 Å². The fourth-order valence-corrected chi connectivity index (χ4v) is 2.92. The van der Waals surface area contributed by atoms with Crippen molar-refractivity contribution in [1.29, 1.82) is 0 Å². The lowest BCUT2D eigenvalue weighted by atomic mass is 10.1. The molecule has 0 unspecified atom stereocenters. The summed E-state index contributed by atoms with van der Waals surface area (Å²) < 4.78 is 13.7. The van der Waals surface area contributed by atoms with Gasteiger partial charge in [0.2, 0.25) is 0 Å². The predicted molar refractivity (Wildman–Crippen MR) is 74.9 cm³/mol. The van der Waals surface area contributed by atoms with Crippen molar-refractivity contribution >= 4 is 11.6 Å². The Morgan fingerprint density at radius 1 is 1.21 bits per heavy atom. The van der Waals surface area contributed by atoms with Crippen LogP contribution in [0, 0.1) is 5.82 Å². The summed E-state index contributed by atoms with van der Waals surface area (Å²) in [7, 11) is 0. The first-order valence-corrected chi connectivity index (χ1v) is 7.21. The first kappa shape index (κ1) is 13.3. The summed E-state index contributed by atoms with van der Waals surface area (Å²) in [6.07, 6.45) is 0. The lowest BCUT2D eigenvalue weighted by Crippen LogP contribution is -2.61. The third kappa shape index (κ3) is 3.08. The summed E-state index contributed by atoms with van der Waals surface area (Å²) >= 11 is 5.93. The number of piperazine rings is 1. The molecule has 0 aliphatic carbocycles. The molecule has 19 heavy (non-hydrogen) atoms. The van der Waals surface area contributed by atoms with Crippen molar-refractivity contribution in [3.05, 3.63) is 34.6 Å². The van der Waals surface area contributed by atoms with Gasteiger partial charge >= 0.3 is 0 Å². The Balaban J connectivity index is 1.55. The van der Waals surface area contributed by atoms with Gasteiger partial charge in [0.15, 0.2) is 0 Å². The Morgan fingerprint density at radius 2 is 1.95 bits per heavy atom. The number of rotatable bonds is 3. The standard InChI is InChI=1S/C14H19ClFN3/c15-12-1-2-14(16)11(7-12)10-18-3-5-19(6-4-18)13-8-17-9-13/h1-2,7,13,17H,3-6,8-10H2. The van der Waals surface area contributed by atoms with Gasteiger partial charge in [0, 0.05) is 62.4 Å². The van der Waals surface area contributed by atoms with E-state index in [2.05, 4.69) is 15.1 Å². The minimum absolute atomic E-state index is 0.157. The summed E-state index contributed by atoms with van der Waals surface area (Å²) in [4.78, 5) is 4.83. The van der Waals surface area contributed by atoms with Crippen molar-refractivity contribution in [2.45, 2.75) is 12.6 Å². The Morgan fingerprint density at radius 3 is 2.58 bits per heavy atom. The predicted octanol–water partition coefficient (Wildman–Crippen LogP) is 1.57. The van der Waals surface area contributed by atoms with Crippen molar-refractivity contribution in [3.8, 4) is 0 Å². The van der Waals surface area contributed by atoms with Crippen molar-refractivity contribution in [3.63, 3.8) is 0 Å². The molecule has 0 aromatic heterocycles. The smallest absolute Gasteiger partial charge is 0.127 e. The van der Waals surface area contributed by atoms with Gasteiger partial charge in [-0.05, 0) is 18.2 Å². The van der Waals surface area contributed by atoms with Crippen molar-refractivity contribution in [2.75, 3.05) is 39.3 Å². The number of halogens is 2. The summed E-state index contributed by atoms with van der Waals surface area (Å²) in [5.74, 6) is -0.157. The van der Waals surface area contributed by atoms with Crippen LogP contribution in [0.5, 0.6) is 0 Å². The zero-order chi connectivity index (χ0) is 13.2. The third-order valence-electron chi connectivity index (χ3n) is 4.08. The molecule has 1 aromatic rings. The van der Waals surface area contributed by atoms with Gasteiger partial charge in [-0.25, -0.2) is 4.39 Å². The summed E-state index contributed by atoms with van der Waals surface area (Å²) in [5.41, 5.74) is 0.700. The minimum Gasteiger partial charge on any atom is -0.314 e. The SMILES string of the molecule is Fc1ccc(Cl)cc1CN1CCN(C2CNC2)CC1. The number of benzene rings is 1. The van der Waals surface area contributed by atoms with E-state index in [9.17, 15) is 4.39 Å². The fraction of sp³-hybridized carbons (Fsp3) is 0.571. The molecular weight excluding hydrogens is 265 g/mol. The van der Waals surface area contributed by atoms with E-state index < -0.39 is 0 Å². The average Bonchev–Trinajstić information content (AvgIpc) is 2.34. The van der Waals surface area contributed by atoms with Crippen LogP contribution in [-0.2, 0) is 6.54 Å². The zero-order valence-corrected chi connectivity index (χ0v) is 11.7. The largest absolute Gasteiger partial charge is 0.314 e. The molecule has 1 aromatic carbocycles. The molecule has 2 heterocycles. The van der Waals surface area contributed by atoms with Crippen LogP contribution < -0.4 is 5.32 Å². The zero-order valence-electron chi connectivity index (χ0n) is 10.9. The van der Waals surface area contributed by atoms with Gasteiger partial charge in [0.25, 0.3) is 0 Å². The number of hydrogen-bond acceptors (Lipinski definition) is 3. The summed E-state index contributed by atoms with van der Waals surface area (Å²) in [5, 5.41) is 3.91.